The summed E-state index contributed by atoms with van der Waals surface area (Å²) in [6, 6.07) is 8.09. The fourth-order valence-corrected chi connectivity index (χ4v) is 1.57. The standard InChI is InChI=1S/C14H10FNO4/c15-10-4-9(7-17)5-12(6-10)20-8-11-2-1-3-13(16-11)14(18)19/h1-7H,8H2,(H,18,19). The van der Waals surface area contributed by atoms with E-state index in [1.807, 2.05) is 0 Å². The molecule has 20 heavy (non-hydrogen) atoms. The van der Waals surface area contributed by atoms with Crippen LogP contribution in [0.3, 0.4) is 0 Å². The van der Waals surface area contributed by atoms with Crippen LogP contribution in [0, 0.1) is 5.82 Å². The normalized spacial score (nSPS) is 10.1. The summed E-state index contributed by atoms with van der Waals surface area (Å²) < 4.78 is 18.5. The van der Waals surface area contributed by atoms with Crippen molar-refractivity contribution in [2.75, 3.05) is 0 Å². The third-order valence-corrected chi connectivity index (χ3v) is 2.44. The molecule has 0 aliphatic heterocycles. The first-order chi connectivity index (χ1) is 9.58. The van der Waals surface area contributed by atoms with Gasteiger partial charge in [-0.3, -0.25) is 4.79 Å². The van der Waals surface area contributed by atoms with E-state index in [1.54, 1.807) is 6.07 Å². The van der Waals surface area contributed by atoms with Gasteiger partial charge in [-0.15, -0.1) is 0 Å². The molecule has 102 valence electrons. The zero-order chi connectivity index (χ0) is 14.5. The van der Waals surface area contributed by atoms with Crippen molar-refractivity contribution in [3.8, 4) is 5.75 Å². The van der Waals surface area contributed by atoms with Crippen molar-refractivity contribution in [2.24, 2.45) is 0 Å². The van der Waals surface area contributed by atoms with Crippen molar-refractivity contribution in [3.63, 3.8) is 0 Å². The van der Waals surface area contributed by atoms with Crippen molar-refractivity contribution >= 4 is 12.3 Å². The van der Waals surface area contributed by atoms with E-state index < -0.39 is 11.8 Å². The number of pyridine rings is 1. The lowest BCUT2D eigenvalue weighted by molar-refractivity contribution is 0.0689. The fraction of sp³-hybridized carbons (Fsp3) is 0.0714. The highest BCUT2D eigenvalue weighted by Gasteiger charge is 2.06. The van der Waals surface area contributed by atoms with Gasteiger partial charge in [-0.1, -0.05) is 6.07 Å². The highest BCUT2D eigenvalue weighted by molar-refractivity contribution is 5.85. The Hall–Kier alpha value is -2.76. The van der Waals surface area contributed by atoms with Crippen molar-refractivity contribution in [1.29, 1.82) is 0 Å². The lowest BCUT2D eigenvalue weighted by Crippen LogP contribution is -2.05. The van der Waals surface area contributed by atoms with Gasteiger partial charge >= 0.3 is 5.97 Å². The zero-order valence-corrected chi connectivity index (χ0v) is 10.2. The summed E-state index contributed by atoms with van der Waals surface area (Å²) in [7, 11) is 0. The molecule has 0 amide bonds. The third-order valence-electron chi connectivity index (χ3n) is 2.44. The van der Waals surface area contributed by atoms with Crippen LogP contribution < -0.4 is 4.74 Å². The predicted molar refractivity (Wildman–Crippen MR) is 67.3 cm³/mol. The molecule has 2 aromatic rings. The monoisotopic (exact) mass is 275 g/mol. The number of hydrogen-bond acceptors (Lipinski definition) is 4. The Morgan fingerprint density at radius 1 is 1.35 bits per heavy atom. The molecule has 0 radical (unpaired) electrons. The molecule has 1 heterocycles. The summed E-state index contributed by atoms with van der Waals surface area (Å²) in [6.45, 7) is -0.0249. The van der Waals surface area contributed by atoms with E-state index in [4.69, 9.17) is 9.84 Å². The SMILES string of the molecule is O=Cc1cc(F)cc(OCc2cccc(C(=O)O)n2)c1. The van der Waals surface area contributed by atoms with Crippen LogP contribution in [0.2, 0.25) is 0 Å². The van der Waals surface area contributed by atoms with Crippen LogP contribution in [-0.4, -0.2) is 22.3 Å². The molecule has 0 aliphatic carbocycles. The van der Waals surface area contributed by atoms with Crippen molar-refractivity contribution < 1.29 is 23.8 Å². The minimum Gasteiger partial charge on any atom is -0.487 e. The van der Waals surface area contributed by atoms with Gasteiger partial charge in [-0.25, -0.2) is 14.2 Å². The first-order valence-corrected chi connectivity index (χ1v) is 5.66. The number of carboxylic acids is 1. The van der Waals surface area contributed by atoms with Gasteiger partial charge in [0.15, 0.2) is 0 Å². The van der Waals surface area contributed by atoms with Crippen LogP contribution in [0.25, 0.3) is 0 Å². The molecule has 0 saturated carbocycles. The van der Waals surface area contributed by atoms with Crippen LogP contribution in [0.4, 0.5) is 4.39 Å². The summed E-state index contributed by atoms with van der Waals surface area (Å²) in [4.78, 5) is 25.2. The first-order valence-electron chi connectivity index (χ1n) is 5.66. The van der Waals surface area contributed by atoms with Crippen LogP contribution in [-0.2, 0) is 6.61 Å². The maximum atomic E-state index is 13.2. The molecular formula is C14H10FNO4. The Morgan fingerprint density at radius 3 is 2.85 bits per heavy atom. The zero-order valence-electron chi connectivity index (χ0n) is 10.2. The Balaban J connectivity index is 2.12. The maximum absolute atomic E-state index is 13.2. The average molecular weight is 275 g/mol. The molecule has 0 spiro atoms. The largest absolute Gasteiger partial charge is 0.487 e. The maximum Gasteiger partial charge on any atom is 0.354 e. The number of rotatable bonds is 5. The molecule has 0 bridgehead atoms. The van der Waals surface area contributed by atoms with E-state index in [0.29, 0.717) is 12.0 Å². The van der Waals surface area contributed by atoms with E-state index in [-0.39, 0.29) is 23.6 Å². The second kappa shape index (κ2) is 5.92. The summed E-state index contributed by atoms with van der Waals surface area (Å²) in [5, 5.41) is 8.81. The molecule has 6 heteroatoms. The van der Waals surface area contributed by atoms with Crippen molar-refractivity contribution in [1.82, 2.24) is 4.98 Å². The van der Waals surface area contributed by atoms with Crippen molar-refractivity contribution in [3.05, 3.63) is 59.2 Å². The minimum atomic E-state index is -1.14. The number of nitrogens with zero attached hydrogens (tertiary/aromatic N) is 1. The average Bonchev–Trinajstić information content (AvgIpc) is 2.44. The third kappa shape index (κ3) is 3.38. The van der Waals surface area contributed by atoms with Gasteiger partial charge < -0.3 is 9.84 Å². The van der Waals surface area contributed by atoms with E-state index in [2.05, 4.69) is 4.98 Å². The Kier molecular flexibility index (Phi) is 4.05. The summed E-state index contributed by atoms with van der Waals surface area (Å²) in [5.41, 5.74) is 0.452. The van der Waals surface area contributed by atoms with Gasteiger partial charge in [-0.2, -0.15) is 0 Å². The molecule has 1 aromatic heterocycles. The molecule has 2 rings (SSSR count). The van der Waals surface area contributed by atoms with E-state index in [0.717, 1.165) is 12.1 Å². The highest BCUT2D eigenvalue weighted by Crippen LogP contribution is 2.16. The van der Waals surface area contributed by atoms with E-state index >= 15 is 0 Å². The topological polar surface area (TPSA) is 76.5 Å². The molecule has 5 nitrogen and oxygen atoms in total. The lowest BCUT2D eigenvalue weighted by Gasteiger charge is -2.07. The predicted octanol–water partition coefficient (Wildman–Crippen LogP) is 2.31. The number of aldehydes is 1. The van der Waals surface area contributed by atoms with E-state index in [9.17, 15) is 14.0 Å². The number of carbonyl (C=O) groups is 2. The molecule has 0 unspecified atom stereocenters. The summed E-state index contributed by atoms with van der Waals surface area (Å²) in [6.07, 6.45) is 0.513. The molecule has 0 aliphatic rings. The summed E-state index contributed by atoms with van der Waals surface area (Å²) in [5.74, 6) is -1.55. The van der Waals surface area contributed by atoms with Gasteiger partial charge in [-0.05, 0) is 24.3 Å². The fourth-order valence-electron chi connectivity index (χ4n) is 1.57. The molecule has 0 atom stereocenters. The van der Waals surface area contributed by atoms with Crippen LogP contribution in [0.1, 0.15) is 26.5 Å². The lowest BCUT2D eigenvalue weighted by atomic mass is 10.2. The Labute approximate surface area is 113 Å². The number of benzene rings is 1. The number of aromatic nitrogens is 1. The van der Waals surface area contributed by atoms with Gasteiger partial charge in [0.25, 0.3) is 0 Å². The quantitative estimate of drug-likeness (QED) is 0.847. The Bertz CT molecular complexity index is 657. The number of carboxylic acid groups (broad SMARTS) is 1. The van der Waals surface area contributed by atoms with Crippen LogP contribution in [0.15, 0.2) is 36.4 Å². The number of hydrogen-bond donors (Lipinski definition) is 1. The van der Waals surface area contributed by atoms with Gasteiger partial charge in [0, 0.05) is 11.6 Å². The van der Waals surface area contributed by atoms with Gasteiger partial charge in [0.05, 0.1) is 5.69 Å². The number of ether oxygens (including phenoxy) is 1. The second-order valence-electron chi connectivity index (χ2n) is 3.95. The Morgan fingerprint density at radius 2 is 2.15 bits per heavy atom. The number of carbonyl (C=O) groups excluding carboxylic acids is 1. The summed E-state index contributed by atoms with van der Waals surface area (Å²) >= 11 is 0. The molecule has 0 fully saturated rings. The van der Waals surface area contributed by atoms with E-state index in [1.165, 1.54) is 18.2 Å². The number of halogens is 1. The van der Waals surface area contributed by atoms with Crippen LogP contribution >= 0.6 is 0 Å². The molecule has 1 aromatic carbocycles. The molecular weight excluding hydrogens is 265 g/mol. The first kappa shape index (κ1) is 13.7. The highest BCUT2D eigenvalue weighted by atomic mass is 19.1. The van der Waals surface area contributed by atoms with Gasteiger partial charge in [0.2, 0.25) is 0 Å². The van der Waals surface area contributed by atoms with Crippen molar-refractivity contribution in [2.45, 2.75) is 6.61 Å². The van der Waals surface area contributed by atoms with Gasteiger partial charge in [0.1, 0.15) is 30.2 Å². The number of aromatic carboxylic acids is 1. The van der Waals surface area contributed by atoms with Crippen LogP contribution in [0.5, 0.6) is 5.75 Å². The smallest absolute Gasteiger partial charge is 0.354 e. The second-order valence-corrected chi connectivity index (χ2v) is 3.95. The minimum absolute atomic E-state index is 0.0249. The molecule has 1 N–H and O–H groups in total. The molecule has 0 saturated heterocycles.